The second kappa shape index (κ2) is 8.89. The summed E-state index contributed by atoms with van der Waals surface area (Å²) >= 11 is 0. The molecule has 0 aliphatic carbocycles. The second-order valence-corrected chi connectivity index (χ2v) is 2.84. The van der Waals surface area contributed by atoms with Crippen LogP contribution in [0.1, 0.15) is 13.3 Å². The Morgan fingerprint density at radius 1 is 1.50 bits per heavy atom. The van der Waals surface area contributed by atoms with E-state index >= 15 is 0 Å². The van der Waals surface area contributed by atoms with Crippen LogP contribution in [-0.4, -0.2) is 44.2 Å². The maximum Gasteiger partial charge on any atom is 0.327 e. The van der Waals surface area contributed by atoms with E-state index in [0.29, 0.717) is 26.2 Å². The number of nitrogens with one attached hydrogen (secondary N) is 1. The van der Waals surface area contributed by atoms with Gasteiger partial charge in [0.15, 0.2) is 0 Å². The Labute approximate surface area is 84.3 Å². The summed E-state index contributed by atoms with van der Waals surface area (Å²) < 4.78 is 5.17. The van der Waals surface area contributed by atoms with Crippen molar-refractivity contribution in [3.8, 4) is 0 Å². The van der Waals surface area contributed by atoms with Gasteiger partial charge in [-0.2, -0.15) is 0 Å². The fourth-order valence-corrected chi connectivity index (χ4v) is 0.875. The van der Waals surface area contributed by atoms with E-state index in [0.717, 1.165) is 6.54 Å². The van der Waals surface area contributed by atoms with Crippen LogP contribution in [0.4, 0.5) is 0 Å². The van der Waals surface area contributed by atoms with Crippen LogP contribution < -0.4 is 11.4 Å². The summed E-state index contributed by atoms with van der Waals surface area (Å²) in [6.45, 7) is 4.78. The van der Waals surface area contributed by atoms with Crippen LogP contribution in [0.15, 0.2) is 0 Å². The molecule has 0 saturated carbocycles. The van der Waals surface area contributed by atoms with Gasteiger partial charge in [-0.3, -0.25) is 4.79 Å². The van der Waals surface area contributed by atoms with Gasteiger partial charge in [0.25, 0.3) is 0 Å². The molecule has 0 spiro atoms. The Kier molecular flexibility index (Phi) is 8.45. The van der Waals surface area contributed by atoms with E-state index in [1.54, 1.807) is 0 Å². The van der Waals surface area contributed by atoms with Gasteiger partial charge in [0.1, 0.15) is 0 Å². The maximum atomic E-state index is 10.9. The zero-order valence-corrected chi connectivity index (χ0v) is 8.78. The van der Waals surface area contributed by atoms with E-state index in [9.17, 15) is 4.79 Å². The van der Waals surface area contributed by atoms with Gasteiger partial charge in [-0.05, 0) is 14.0 Å². The predicted molar refractivity (Wildman–Crippen MR) is 52.0 cm³/mol. The number of hydrogen-bond donors (Lipinski definition) is 2. The third kappa shape index (κ3) is 7.93. The van der Waals surface area contributed by atoms with E-state index in [2.05, 4.69) is 4.84 Å². The lowest BCUT2D eigenvalue weighted by atomic mass is 10.4. The molecule has 0 aromatic heterocycles. The van der Waals surface area contributed by atoms with Gasteiger partial charge in [0.05, 0.1) is 13.0 Å². The quantitative estimate of drug-likeness (QED) is 0.309. The summed E-state index contributed by atoms with van der Waals surface area (Å²) in [7, 11) is 1.92. The normalized spacial score (nSPS) is 10.6. The van der Waals surface area contributed by atoms with Crippen molar-refractivity contribution in [2.24, 2.45) is 5.84 Å². The molecule has 6 heteroatoms. The first kappa shape index (κ1) is 13.3. The summed E-state index contributed by atoms with van der Waals surface area (Å²) in [6.07, 6.45) is 0.312. The first-order valence-electron chi connectivity index (χ1n) is 4.62. The molecule has 0 aliphatic rings. The SMILES string of the molecule is CCOCCN(C)CCC(=O)ONN. The van der Waals surface area contributed by atoms with Crippen molar-refractivity contribution in [3.63, 3.8) is 0 Å². The average molecular weight is 205 g/mol. The number of ether oxygens (including phenoxy) is 1. The minimum atomic E-state index is -0.365. The number of carbonyl (C=O) groups excluding carboxylic acids is 1. The smallest absolute Gasteiger partial charge is 0.327 e. The lowest BCUT2D eigenvalue weighted by Gasteiger charge is -2.15. The molecule has 0 aromatic carbocycles. The van der Waals surface area contributed by atoms with Gasteiger partial charge in [0, 0.05) is 19.7 Å². The molecule has 0 fully saturated rings. The Morgan fingerprint density at radius 2 is 2.21 bits per heavy atom. The van der Waals surface area contributed by atoms with E-state index in [1.807, 2.05) is 24.5 Å². The standard InChI is InChI=1S/C8H19N3O3/c1-3-13-7-6-11(2)5-4-8(12)14-10-9/h10H,3-7,9H2,1-2H3. The zero-order chi connectivity index (χ0) is 10.8. The van der Waals surface area contributed by atoms with Crippen molar-refractivity contribution in [3.05, 3.63) is 0 Å². The Hall–Kier alpha value is -0.690. The molecule has 0 unspecified atom stereocenters. The van der Waals surface area contributed by atoms with Crippen LogP contribution in [0.5, 0.6) is 0 Å². The fraction of sp³-hybridized carbons (Fsp3) is 0.875. The topological polar surface area (TPSA) is 76.8 Å². The summed E-state index contributed by atoms with van der Waals surface area (Å²) in [6, 6.07) is 0. The highest BCUT2D eigenvalue weighted by molar-refractivity contribution is 5.69. The Morgan fingerprint density at radius 3 is 2.79 bits per heavy atom. The Balaban J connectivity index is 3.33. The molecule has 0 aromatic rings. The fourth-order valence-electron chi connectivity index (χ4n) is 0.875. The number of likely N-dealkylation sites (N-methyl/N-ethyl adjacent to an activating group) is 1. The van der Waals surface area contributed by atoms with Crippen molar-refractivity contribution in [2.75, 3.05) is 33.4 Å². The summed E-state index contributed by atoms with van der Waals surface area (Å²) in [5.74, 6) is 4.44. The van der Waals surface area contributed by atoms with Crippen LogP contribution in [-0.2, 0) is 14.4 Å². The van der Waals surface area contributed by atoms with Crippen molar-refractivity contribution >= 4 is 5.97 Å². The number of carbonyl (C=O) groups is 1. The molecule has 0 bridgehead atoms. The lowest BCUT2D eigenvalue weighted by molar-refractivity contribution is -0.151. The number of hydrazine groups is 1. The molecule has 0 saturated heterocycles. The van der Waals surface area contributed by atoms with Gasteiger partial charge in [-0.15, -0.1) is 0 Å². The molecule has 0 atom stereocenters. The van der Waals surface area contributed by atoms with Crippen molar-refractivity contribution in [1.82, 2.24) is 10.5 Å². The van der Waals surface area contributed by atoms with Crippen molar-refractivity contribution in [1.29, 1.82) is 0 Å². The van der Waals surface area contributed by atoms with Crippen LogP contribution in [0.2, 0.25) is 0 Å². The van der Waals surface area contributed by atoms with E-state index in [1.165, 1.54) is 0 Å². The third-order valence-corrected chi connectivity index (χ3v) is 1.69. The van der Waals surface area contributed by atoms with E-state index < -0.39 is 0 Å². The van der Waals surface area contributed by atoms with E-state index in [-0.39, 0.29) is 5.97 Å². The van der Waals surface area contributed by atoms with Gasteiger partial charge >= 0.3 is 5.97 Å². The molecule has 0 rings (SSSR count). The van der Waals surface area contributed by atoms with Crippen LogP contribution >= 0.6 is 0 Å². The molecule has 0 heterocycles. The average Bonchev–Trinajstić information content (AvgIpc) is 2.16. The highest BCUT2D eigenvalue weighted by Crippen LogP contribution is 1.89. The number of nitrogens with zero attached hydrogens (tertiary/aromatic N) is 1. The highest BCUT2D eigenvalue weighted by Gasteiger charge is 2.04. The van der Waals surface area contributed by atoms with Crippen molar-refractivity contribution in [2.45, 2.75) is 13.3 Å². The molecule has 14 heavy (non-hydrogen) atoms. The van der Waals surface area contributed by atoms with Gasteiger partial charge in [-0.25, -0.2) is 5.84 Å². The van der Waals surface area contributed by atoms with Gasteiger partial charge in [-0.1, -0.05) is 5.59 Å². The molecule has 3 N–H and O–H groups in total. The minimum absolute atomic E-state index is 0.312. The highest BCUT2D eigenvalue weighted by atomic mass is 16.7. The number of nitrogens with two attached hydrogens (primary N) is 1. The molecular formula is C8H19N3O3. The molecular weight excluding hydrogens is 186 g/mol. The largest absolute Gasteiger partial charge is 0.380 e. The van der Waals surface area contributed by atoms with Crippen LogP contribution in [0.3, 0.4) is 0 Å². The predicted octanol–water partition coefficient (Wildman–Crippen LogP) is -0.734. The first-order chi connectivity index (χ1) is 6.70. The zero-order valence-electron chi connectivity index (χ0n) is 8.78. The molecule has 0 amide bonds. The van der Waals surface area contributed by atoms with Crippen molar-refractivity contribution < 1.29 is 14.4 Å². The van der Waals surface area contributed by atoms with Gasteiger partial charge in [0.2, 0.25) is 0 Å². The van der Waals surface area contributed by atoms with Crippen LogP contribution in [0, 0.1) is 0 Å². The monoisotopic (exact) mass is 205 g/mol. The lowest BCUT2D eigenvalue weighted by Crippen LogP contribution is -2.30. The summed E-state index contributed by atoms with van der Waals surface area (Å²) in [5.41, 5.74) is 1.85. The third-order valence-electron chi connectivity index (χ3n) is 1.69. The molecule has 6 nitrogen and oxygen atoms in total. The Bertz CT molecular complexity index is 155. The number of hydrogen-bond acceptors (Lipinski definition) is 6. The molecule has 0 aliphatic heterocycles. The molecule has 84 valence electrons. The maximum absolute atomic E-state index is 10.9. The van der Waals surface area contributed by atoms with Gasteiger partial charge < -0.3 is 14.5 Å². The second-order valence-electron chi connectivity index (χ2n) is 2.84. The summed E-state index contributed by atoms with van der Waals surface area (Å²) in [5, 5.41) is 0. The molecule has 0 radical (unpaired) electrons. The first-order valence-corrected chi connectivity index (χ1v) is 4.62. The summed E-state index contributed by atoms with van der Waals surface area (Å²) in [4.78, 5) is 17.2. The number of rotatable bonds is 8. The van der Waals surface area contributed by atoms with Crippen LogP contribution in [0.25, 0.3) is 0 Å². The van der Waals surface area contributed by atoms with E-state index in [4.69, 9.17) is 10.6 Å². The minimum Gasteiger partial charge on any atom is -0.380 e.